The lowest BCUT2D eigenvalue weighted by molar-refractivity contribution is -0.142. The van der Waals surface area contributed by atoms with E-state index in [0.29, 0.717) is 0 Å². The molecule has 0 spiro atoms. The second-order valence-electron chi connectivity index (χ2n) is 6.90. The van der Waals surface area contributed by atoms with Gasteiger partial charge >= 0.3 is 5.97 Å². The smallest absolute Gasteiger partial charge is 0.321 e. The summed E-state index contributed by atoms with van der Waals surface area (Å²) in [5.74, 6) is -5.41. The van der Waals surface area contributed by atoms with Crippen LogP contribution in [0.5, 0.6) is 11.5 Å². The van der Waals surface area contributed by atoms with Gasteiger partial charge in [-0.25, -0.2) is 9.29 Å². The number of aromatic hydroxyl groups is 1. The fourth-order valence-corrected chi connectivity index (χ4v) is 4.12. The van der Waals surface area contributed by atoms with Crippen molar-refractivity contribution in [3.8, 4) is 11.5 Å². The van der Waals surface area contributed by atoms with Crippen molar-refractivity contribution < 1.29 is 33.7 Å². The highest BCUT2D eigenvalue weighted by Crippen LogP contribution is 2.48. The fraction of sp³-hybridized carbons (Fsp3) is 0.250. The molecule has 0 bridgehead atoms. The molecule has 3 N–H and O–H groups in total. The molecule has 2 amide bonds. The monoisotopic (exact) mass is 400 g/mol. The van der Waals surface area contributed by atoms with Gasteiger partial charge in [-0.05, 0) is 30.3 Å². The van der Waals surface area contributed by atoms with Gasteiger partial charge in [0.05, 0.1) is 24.6 Å². The highest BCUT2D eigenvalue weighted by Gasteiger charge is 2.61. The van der Waals surface area contributed by atoms with Crippen molar-refractivity contribution in [3.63, 3.8) is 0 Å². The topological polar surface area (TPSA) is 116 Å². The number of anilines is 1. The van der Waals surface area contributed by atoms with Gasteiger partial charge in [0.2, 0.25) is 11.8 Å². The number of rotatable bonds is 4. The molecule has 2 aromatic carbocycles. The van der Waals surface area contributed by atoms with Crippen LogP contribution in [0.25, 0.3) is 0 Å². The molecular weight excluding hydrogens is 383 g/mol. The quantitative estimate of drug-likeness (QED) is 0.665. The molecule has 2 aromatic rings. The van der Waals surface area contributed by atoms with Gasteiger partial charge < -0.3 is 14.9 Å². The summed E-state index contributed by atoms with van der Waals surface area (Å²) in [6.45, 7) is 0. The Kier molecular flexibility index (Phi) is 4.46. The number of nitrogens with zero attached hydrogens (tertiary/aromatic N) is 1. The summed E-state index contributed by atoms with van der Waals surface area (Å²) >= 11 is 0. The Bertz CT molecular complexity index is 1010. The van der Waals surface area contributed by atoms with E-state index in [2.05, 4.69) is 5.32 Å². The number of halogens is 1. The number of carboxylic acids is 1. The predicted octanol–water partition coefficient (Wildman–Crippen LogP) is 1.44. The fourth-order valence-electron chi connectivity index (χ4n) is 4.12. The number of para-hydroxylation sites is 1. The molecule has 0 unspecified atom stereocenters. The minimum atomic E-state index is -1.32. The Labute approximate surface area is 164 Å². The maximum Gasteiger partial charge on any atom is 0.321 e. The van der Waals surface area contributed by atoms with Crippen molar-refractivity contribution in [1.82, 2.24) is 5.32 Å². The van der Waals surface area contributed by atoms with Crippen molar-refractivity contribution in [2.45, 2.75) is 12.1 Å². The Morgan fingerprint density at radius 3 is 2.38 bits per heavy atom. The average Bonchev–Trinajstić information content (AvgIpc) is 3.20. The third-order valence-electron chi connectivity index (χ3n) is 5.41. The zero-order valence-electron chi connectivity index (χ0n) is 15.2. The zero-order valence-corrected chi connectivity index (χ0v) is 15.2. The van der Waals surface area contributed by atoms with Crippen LogP contribution < -0.4 is 15.0 Å². The standard InChI is InChI=1S/C20H17FN2O6/c1-29-12-4-2-3-11(17(12)24)15-13-14(16(22-15)20(27)28)19(26)23(18(13)25)10-7-5-9(21)6-8-10/h2-8,13-16,22,24H,1H3,(H,27,28)/t13-,14-,15+,16+/m1/s1. The van der Waals surface area contributed by atoms with E-state index in [9.17, 15) is 29.0 Å². The van der Waals surface area contributed by atoms with Crippen molar-refractivity contribution in [3.05, 3.63) is 53.8 Å². The molecule has 2 heterocycles. The molecule has 0 aromatic heterocycles. The molecule has 150 valence electrons. The number of phenolic OH excluding ortho intramolecular Hbond substituents is 1. The number of nitrogens with one attached hydrogen (secondary N) is 1. The van der Waals surface area contributed by atoms with E-state index in [1.807, 2.05) is 0 Å². The Morgan fingerprint density at radius 1 is 1.10 bits per heavy atom. The van der Waals surface area contributed by atoms with E-state index in [0.717, 1.165) is 17.0 Å². The number of phenols is 1. The zero-order chi connectivity index (χ0) is 20.9. The number of methoxy groups -OCH3 is 1. The highest BCUT2D eigenvalue weighted by atomic mass is 19.1. The first-order valence-electron chi connectivity index (χ1n) is 8.83. The van der Waals surface area contributed by atoms with Crippen molar-refractivity contribution in [2.75, 3.05) is 12.0 Å². The van der Waals surface area contributed by atoms with Crippen LogP contribution in [0.15, 0.2) is 42.5 Å². The summed E-state index contributed by atoms with van der Waals surface area (Å²) in [5, 5.41) is 22.9. The molecule has 2 fully saturated rings. The third kappa shape index (κ3) is 2.82. The number of benzene rings is 2. The van der Waals surface area contributed by atoms with Crippen LogP contribution in [-0.2, 0) is 14.4 Å². The summed E-state index contributed by atoms with van der Waals surface area (Å²) < 4.78 is 18.3. The van der Waals surface area contributed by atoms with E-state index in [1.54, 1.807) is 6.07 Å². The van der Waals surface area contributed by atoms with Gasteiger partial charge in [0.1, 0.15) is 11.9 Å². The van der Waals surface area contributed by atoms with Crippen LogP contribution in [-0.4, -0.2) is 41.1 Å². The van der Waals surface area contributed by atoms with Gasteiger partial charge in [-0.15, -0.1) is 0 Å². The van der Waals surface area contributed by atoms with Crippen LogP contribution in [0.3, 0.4) is 0 Å². The van der Waals surface area contributed by atoms with Gasteiger partial charge in [-0.1, -0.05) is 12.1 Å². The molecule has 29 heavy (non-hydrogen) atoms. The number of hydrogen-bond acceptors (Lipinski definition) is 6. The maximum absolute atomic E-state index is 13.3. The molecule has 4 rings (SSSR count). The number of imide groups is 1. The number of amides is 2. The lowest BCUT2D eigenvalue weighted by Gasteiger charge is -2.22. The number of ether oxygens (including phenoxy) is 1. The number of aliphatic carboxylic acids is 1. The lowest BCUT2D eigenvalue weighted by Crippen LogP contribution is -2.43. The van der Waals surface area contributed by atoms with E-state index in [1.165, 1.54) is 31.4 Å². The minimum Gasteiger partial charge on any atom is -0.504 e. The summed E-state index contributed by atoms with van der Waals surface area (Å²) in [6.07, 6.45) is 0. The average molecular weight is 400 g/mol. The maximum atomic E-state index is 13.3. The molecule has 0 radical (unpaired) electrons. The number of carbonyl (C=O) groups is 3. The molecule has 2 aliphatic rings. The largest absolute Gasteiger partial charge is 0.504 e. The van der Waals surface area contributed by atoms with E-state index in [4.69, 9.17) is 4.74 Å². The summed E-state index contributed by atoms with van der Waals surface area (Å²) in [5.41, 5.74) is 0.416. The number of hydrogen-bond donors (Lipinski definition) is 3. The van der Waals surface area contributed by atoms with E-state index in [-0.39, 0.29) is 22.7 Å². The predicted molar refractivity (Wildman–Crippen MR) is 97.8 cm³/mol. The van der Waals surface area contributed by atoms with Crippen LogP contribution in [0.1, 0.15) is 11.6 Å². The van der Waals surface area contributed by atoms with Crippen molar-refractivity contribution in [2.24, 2.45) is 11.8 Å². The van der Waals surface area contributed by atoms with Crippen LogP contribution in [0, 0.1) is 17.7 Å². The lowest BCUT2D eigenvalue weighted by atomic mass is 9.86. The summed E-state index contributed by atoms with van der Waals surface area (Å²) in [7, 11) is 1.37. The van der Waals surface area contributed by atoms with Crippen molar-refractivity contribution in [1.29, 1.82) is 0 Å². The normalized spacial score (nSPS) is 25.9. The second-order valence-corrected chi connectivity index (χ2v) is 6.90. The van der Waals surface area contributed by atoms with Crippen LogP contribution in [0.4, 0.5) is 10.1 Å². The molecule has 0 saturated carbocycles. The van der Waals surface area contributed by atoms with E-state index >= 15 is 0 Å². The van der Waals surface area contributed by atoms with Crippen LogP contribution in [0.2, 0.25) is 0 Å². The number of carbonyl (C=O) groups excluding carboxylic acids is 2. The molecule has 2 saturated heterocycles. The van der Waals surface area contributed by atoms with Gasteiger partial charge in [0, 0.05) is 11.6 Å². The first-order valence-corrected chi connectivity index (χ1v) is 8.83. The minimum absolute atomic E-state index is 0.159. The number of carboxylic acid groups (broad SMARTS) is 1. The summed E-state index contributed by atoms with van der Waals surface area (Å²) in [6, 6.07) is 7.21. The van der Waals surface area contributed by atoms with Gasteiger partial charge in [-0.2, -0.15) is 0 Å². The van der Waals surface area contributed by atoms with Crippen LogP contribution >= 0.6 is 0 Å². The summed E-state index contributed by atoms with van der Waals surface area (Å²) in [4.78, 5) is 38.8. The first kappa shape index (κ1) is 18.9. The van der Waals surface area contributed by atoms with Gasteiger partial charge in [0.15, 0.2) is 11.5 Å². The van der Waals surface area contributed by atoms with Gasteiger partial charge in [0.25, 0.3) is 0 Å². The van der Waals surface area contributed by atoms with Gasteiger partial charge in [-0.3, -0.25) is 19.7 Å². The second kappa shape index (κ2) is 6.85. The highest BCUT2D eigenvalue weighted by molar-refractivity contribution is 6.23. The molecule has 4 atom stereocenters. The molecule has 9 heteroatoms. The third-order valence-corrected chi connectivity index (χ3v) is 5.41. The molecular formula is C20H17FN2O6. The Morgan fingerprint density at radius 2 is 1.76 bits per heavy atom. The number of fused-ring (bicyclic) bond motifs is 1. The molecule has 0 aliphatic carbocycles. The molecule has 8 nitrogen and oxygen atoms in total. The van der Waals surface area contributed by atoms with Crippen molar-refractivity contribution >= 4 is 23.5 Å². The Balaban J connectivity index is 1.80. The van der Waals surface area contributed by atoms with E-state index < -0.39 is 47.5 Å². The first-order chi connectivity index (χ1) is 13.8. The SMILES string of the molecule is COc1cccc([C@@H]2N[C@H](C(=O)O)[C@@H]3C(=O)N(c4ccc(F)cc4)C(=O)[C@H]32)c1O. The Hall–Kier alpha value is -3.46. The molecule has 2 aliphatic heterocycles.